The van der Waals surface area contributed by atoms with Crippen LogP contribution >= 0.6 is 0 Å². The van der Waals surface area contributed by atoms with Crippen LogP contribution in [0.4, 0.5) is 24.5 Å². The molecule has 2 aromatic carbocycles. The Morgan fingerprint density at radius 2 is 1.56 bits per heavy atom. The number of hydrogen-bond donors (Lipinski definition) is 2. The van der Waals surface area contributed by atoms with E-state index in [4.69, 9.17) is 4.74 Å². The number of benzene rings is 2. The molecule has 0 atom stereocenters. The zero-order valence-electron chi connectivity index (χ0n) is 13.9. The maximum absolute atomic E-state index is 12.5. The Morgan fingerprint density at radius 1 is 1.00 bits per heavy atom. The van der Waals surface area contributed by atoms with E-state index >= 15 is 0 Å². The summed E-state index contributed by atoms with van der Waals surface area (Å²) in [7, 11) is 0. The normalized spacial score (nSPS) is 11.3. The standard InChI is InChI=1S/C18H19F3N2O2/c1-12(2)25-16-9-7-15(8-10-16)23-17(24)11-22-14-5-3-13(4-6-14)18(19,20)21/h3-10,12,22H,11H2,1-2H3,(H,23,24). The second-order valence-electron chi connectivity index (χ2n) is 5.67. The highest BCUT2D eigenvalue weighted by Gasteiger charge is 2.29. The Morgan fingerprint density at radius 3 is 2.08 bits per heavy atom. The first-order valence-electron chi connectivity index (χ1n) is 7.72. The van der Waals surface area contributed by atoms with Crippen molar-refractivity contribution < 1.29 is 22.7 Å². The molecule has 0 fully saturated rings. The molecule has 0 unspecified atom stereocenters. The molecule has 0 radical (unpaired) electrons. The minimum absolute atomic E-state index is 0.0599. The van der Waals surface area contributed by atoms with E-state index in [2.05, 4.69) is 10.6 Å². The summed E-state index contributed by atoms with van der Waals surface area (Å²) in [6, 6.07) is 11.4. The van der Waals surface area contributed by atoms with Gasteiger partial charge in [-0.2, -0.15) is 13.2 Å². The quantitative estimate of drug-likeness (QED) is 0.802. The number of anilines is 2. The number of carbonyl (C=O) groups is 1. The van der Waals surface area contributed by atoms with Crippen LogP contribution in [0.5, 0.6) is 5.75 Å². The Hall–Kier alpha value is -2.70. The van der Waals surface area contributed by atoms with Crippen molar-refractivity contribution in [3.63, 3.8) is 0 Å². The molecule has 0 saturated heterocycles. The van der Waals surface area contributed by atoms with Gasteiger partial charge in [0.25, 0.3) is 0 Å². The van der Waals surface area contributed by atoms with E-state index in [1.54, 1.807) is 24.3 Å². The number of nitrogens with one attached hydrogen (secondary N) is 2. The summed E-state index contributed by atoms with van der Waals surface area (Å²) < 4.78 is 42.9. The zero-order valence-corrected chi connectivity index (χ0v) is 13.9. The first-order valence-corrected chi connectivity index (χ1v) is 7.72. The smallest absolute Gasteiger partial charge is 0.416 e. The molecule has 0 spiro atoms. The van der Waals surface area contributed by atoms with Crippen LogP contribution in [-0.4, -0.2) is 18.6 Å². The van der Waals surface area contributed by atoms with Gasteiger partial charge in [-0.25, -0.2) is 0 Å². The molecular weight excluding hydrogens is 333 g/mol. The molecule has 0 aliphatic carbocycles. The van der Waals surface area contributed by atoms with E-state index in [0.717, 1.165) is 12.1 Å². The molecule has 25 heavy (non-hydrogen) atoms. The summed E-state index contributed by atoms with van der Waals surface area (Å²) in [5, 5.41) is 5.47. The molecule has 0 aliphatic heterocycles. The molecule has 0 saturated carbocycles. The number of ether oxygens (including phenoxy) is 1. The fourth-order valence-electron chi connectivity index (χ4n) is 2.05. The summed E-state index contributed by atoms with van der Waals surface area (Å²) in [6.45, 7) is 3.78. The van der Waals surface area contributed by atoms with Crippen LogP contribution in [0.15, 0.2) is 48.5 Å². The Labute approximate surface area is 144 Å². The van der Waals surface area contributed by atoms with Gasteiger partial charge in [-0.05, 0) is 62.4 Å². The summed E-state index contributed by atoms with van der Waals surface area (Å²) in [6.07, 6.45) is -4.31. The van der Waals surface area contributed by atoms with Gasteiger partial charge in [0.2, 0.25) is 5.91 Å². The van der Waals surface area contributed by atoms with E-state index in [1.165, 1.54) is 12.1 Å². The fourth-order valence-corrected chi connectivity index (χ4v) is 2.05. The SMILES string of the molecule is CC(C)Oc1ccc(NC(=O)CNc2ccc(C(F)(F)F)cc2)cc1. The largest absolute Gasteiger partial charge is 0.491 e. The van der Waals surface area contributed by atoms with Gasteiger partial charge in [0.05, 0.1) is 18.2 Å². The Kier molecular flexibility index (Phi) is 5.90. The summed E-state index contributed by atoms with van der Waals surface area (Å²) in [5.74, 6) is 0.397. The highest BCUT2D eigenvalue weighted by Crippen LogP contribution is 2.29. The minimum Gasteiger partial charge on any atom is -0.491 e. The van der Waals surface area contributed by atoms with Gasteiger partial charge in [0.1, 0.15) is 5.75 Å². The molecule has 134 valence electrons. The van der Waals surface area contributed by atoms with Crippen molar-refractivity contribution in [3.05, 3.63) is 54.1 Å². The second-order valence-corrected chi connectivity index (χ2v) is 5.67. The van der Waals surface area contributed by atoms with Gasteiger partial charge in [0, 0.05) is 11.4 Å². The van der Waals surface area contributed by atoms with Crippen molar-refractivity contribution in [1.82, 2.24) is 0 Å². The number of amides is 1. The van der Waals surface area contributed by atoms with Gasteiger partial charge in [0.15, 0.2) is 0 Å². The molecule has 0 aliphatic rings. The fraction of sp³-hybridized carbons (Fsp3) is 0.278. The number of alkyl halides is 3. The zero-order chi connectivity index (χ0) is 18.4. The van der Waals surface area contributed by atoms with E-state index in [-0.39, 0.29) is 18.6 Å². The van der Waals surface area contributed by atoms with Crippen LogP contribution in [0.3, 0.4) is 0 Å². The Balaban J connectivity index is 1.84. The molecule has 2 aromatic rings. The van der Waals surface area contributed by atoms with Crippen LogP contribution in [0.25, 0.3) is 0 Å². The summed E-state index contributed by atoms with van der Waals surface area (Å²) >= 11 is 0. The highest BCUT2D eigenvalue weighted by molar-refractivity contribution is 5.93. The number of hydrogen-bond acceptors (Lipinski definition) is 3. The summed E-state index contributed by atoms with van der Waals surface area (Å²) in [5.41, 5.74) is 0.311. The third-order valence-electron chi connectivity index (χ3n) is 3.18. The molecule has 0 heterocycles. The molecule has 1 amide bonds. The highest BCUT2D eigenvalue weighted by atomic mass is 19.4. The molecule has 2 N–H and O–H groups in total. The van der Waals surface area contributed by atoms with Crippen LogP contribution in [-0.2, 0) is 11.0 Å². The Bertz CT molecular complexity index is 696. The van der Waals surface area contributed by atoms with Crippen molar-refractivity contribution in [2.75, 3.05) is 17.2 Å². The van der Waals surface area contributed by atoms with E-state index in [1.807, 2.05) is 13.8 Å². The van der Waals surface area contributed by atoms with Gasteiger partial charge in [-0.1, -0.05) is 0 Å². The number of carbonyl (C=O) groups excluding carboxylic acids is 1. The van der Waals surface area contributed by atoms with E-state index in [0.29, 0.717) is 17.1 Å². The van der Waals surface area contributed by atoms with Crippen LogP contribution in [0, 0.1) is 0 Å². The number of halogens is 3. The second kappa shape index (κ2) is 7.92. The predicted octanol–water partition coefficient (Wildman–Crippen LogP) is 4.54. The van der Waals surface area contributed by atoms with Crippen LogP contribution < -0.4 is 15.4 Å². The molecule has 7 heteroatoms. The maximum Gasteiger partial charge on any atom is 0.416 e. The lowest BCUT2D eigenvalue weighted by atomic mass is 10.2. The summed E-state index contributed by atoms with van der Waals surface area (Å²) in [4.78, 5) is 11.9. The van der Waals surface area contributed by atoms with Crippen molar-refractivity contribution >= 4 is 17.3 Å². The molecule has 4 nitrogen and oxygen atoms in total. The van der Waals surface area contributed by atoms with Gasteiger partial charge >= 0.3 is 6.18 Å². The lowest BCUT2D eigenvalue weighted by Gasteiger charge is -2.11. The third-order valence-corrected chi connectivity index (χ3v) is 3.18. The van der Waals surface area contributed by atoms with Crippen molar-refractivity contribution in [2.45, 2.75) is 26.1 Å². The van der Waals surface area contributed by atoms with Crippen molar-refractivity contribution in [1.29, 1.82) is 0 Å². The van der Waals surface area contributed by atoms with Gasteiger partial charge < -0.3 is 15.4 Å². The lowest BCUT2D eigenvalue weighted by Crippen LogP contribution is -2.21. The molecule has 0 aromatic heterocycles. The predicted molar refractivity (Wildman–Crippen MR) is 90.8 cm³/mol. The third kappa shape index (κ3) is 6.02. The first kappa shape index (κ1) is 18.6. The molecule has 2 rings (SSSR count). The lowest BCUT2D eigenvalue weighted by molar-refractivity contribution is -0.137. The number of rotatable bonds is 6. The minimum atomic E-state index is -4.37. The van der Waals surface area contributed by atoms with Gasteiger partial charge in [-0.15, -0.1) is 0 Å². The van der Waals surface area contributed by atoms with Crippen molar-refractivity contribution in [2.24, 2.45) is 0 Å². The maximum atomic E-state index is 12.5. The van der Waals surface area contributed by atoms with Crippen molar-refractivity contribution in [3.8, 4) is 5.75 Å². The van der Waals surface area contributed by atoms with E-state index in [9.17, 15) is 18.0 Å². The topological polar surface area (TPSA) is 50.4 Å². The molecular formula is C18H19F3N2O2. The average Bonchev–Trinajstić information content (AvgIpc) is 2.54. The van der Waals surface area contributed by atoms with Crippen LogP contribution in [0.2, 0.25) is 0 Å². The monoisotopic (exact) mass is 352 g/mol. The van der Waals surface area contributed by atoms with E-state index < -0.39 is 11.7 Å². The van der Waals surface area contributed by atoms with Gasteiger partial charge in [-0.3, -0.25) is 4.79 Å². The average molecular weight is 352 g/mol. The first-order chi connectivity index (χ1) is 11.7. The molecule has 0 bridgehead atoms. The van der Waals surface area contributed by atoms with Crippen LogP contribution in [0.1, 0.15) is 19.4 Å².